The number of ether oxygens (including phenoxy) is 1. The Balaban J connectivity index is 1.30. The van der Waals surface area contributed by atoms with Gasteiger partial charge in [0.05, 0.1) is 12.2 Å². The highest BCUT2D eigenvalue weighted by molar-refractivity contribution is 6.31. The summed E-state index contributed by atoms with van der Waals surface area (Å²) in [4.78, 5) is 35.9. The number of nitrogens with one attached hydrogen (secondary N) is 1. The van der Waals surface area contributed by atoms with Gasteiger partial charge in [-0.15, -0.1) is 0 Å². The Morgan fingerprint density at radius 2 is 1.97 bits per heavy atom. The van der Waals surface area contributed by atoms with Gasteiger partial charge in [0.2, 0.25) is 0 Å². The van der Waals surface area contributed by atoms with Crippen LogP contribution in [0.1, 0.15) is 52.1 Å². The van der Waals surface area contributed by atoms with E-state index in [4.69, 9.17) is 21.3 Å². The molecule has 2 atom stereocenters. The van der Waals surface area contributed by atoms with Crippen LogP contribution in [-0.2, 0) is 4.74 Å². The molecule has 2 aromatic heterocycles. The lowest BCUT2D eigenvalue weighted by atomic mass is 10.0. The van der Waals surface area contributed by atoms with E-state index >= 15 is 0 Å². The Labute approximate surface area is 231 Å². The van der Waals surface area contributed by atoms with Crippen LogP contribution in [-0.4, -0.2) is 74.3 Å². The predicted molar refractivity (Wildman–Crippen MR) is 147 cm³/mol. The van der Waals surface area contributed by atoms with Gasteiger partial charge < -0.3 is 24.8 Å². The second-order valence-electron chi connectivity index (χ2n) is 11.0. The average Bonchev–Trinajstić information content (AvgIpc) is 3.51. The van der Waals surface area contributed by atoms with Crippen LogP contribution in [0.15, 0.2) is 36.7 Å². The average molecular weight is 558 g/mol. The number of carbonyl (C=O) groups is 2. The summed E-state index contributed by atoms with van der Waals surface area (Å²) in [5, 5.41) is 7.79. The zero-order chi connectivity index (χ0) is 27.9. The first-order valence-corrected chi connectivity index (χ1v) is 13.5. The summed E-state index contributed by atoms with van der Waals surface area (Å²) in [7, 11) is 0. The third kappa shape index (κ3) is 5.73. The molecule has 3 aromatic rings. The van der Waals surface area contributed by atoms with E-state index in [1.54, 1.807) is 32.8 Å². The molecule has 4 heterocycles. The summed E-state index contributed by atoms with van der Waals surface area (Å²) >= 11 is 6.42. The van der Waals surface area contributed by atoms with E-state index in [0.29, 0.717) is 41.8 Å². The van der Waals surface area contributed by atoms with E-state index in [1.807, 2.05) is 33.8 Å². The Bertz CT molecular complexity index is 1390. The highest BCUT2D eigenvalue weighted by atomic mass is 35.5. The quantitative estimate of drug-likeness (QED) is 0.467. The maximum atomic E-state index is 14.0. The summed E-state index contributed by atoms with van der Waals surface area (Å²) < 4.78 is 21.1. The number of urea groups is 1. The maximum Gasteiger partial charge on any atom is 0.410 e. The van der Waals surface area contributed by atoms with Crippen LogP contribution in [0.3, 0.4) is 0 Å². The van der Waals surface area contributed by atoms with Gasteiger partial charge in [0.15, 0.2) is 5.65 Å². The van der Waals surface area contributed by atoms with Crippen LogP contribution in [0, 0.1) is 5.82 Å². The monoisotopic (exact) mass is 557 g/mol. The molecule has 2 fully saturated rings. The Morgan fingerprint density at radius 3 is 2.72 bits per heavy atom. The number of piperazine rings is 1. The molecule has 1 N–H and O–H groups in total. The molecule has 0 radical (unpaired) electrons. The fourth-order valence-electron chi connectivity index (χ4n) is 5.17. The van der Waals surface area contributed by atoms with Gasteiger partial charge in [0, 0.05) is 43.4 Å². The molecule has 1 aromatic carbocycles. The van der Waals surface area contributed by atoms with Crippen LogP contribution in [0.4, 0.5) is 25.5 Å². The SMILES string of the molecule is CC1CN(C(=O)Nc2cnn3ccc(N4CCCC4c4cc(F)ccc4Cl)nc23)CCN1C(=O)OC(C)(C)C. The van der Waals surface area contributed by atoms with Crippen molar-refractivity contribution in [2.75, 3.05) is 36.4 Å². The number of carbonyl (C=O) groups excluding carboxylic acids is 2. The lowest BCUT2D eigenvalue weighted by Gasteiger charge is -2.40. The van der Waals surface area contributed by atoms with Crippen molar-refractivity contribution in [3.05, 3.63) is 53.1 Å². The van der Waals surface area contributed by atoms with Gasteiger partial charge in [-0.05, 0) is 70.4 Å². The van der Waals surface area contributed by atoms with Gasteiger partial charge in [-0.1, -0.05) is 11.6 Å². The van der Waals surface area contributed by atoms with Crippen molar-refractivity contribution in [2.24, 2.45) is 0 Å². The number of benzene rings is 1. The van der Waals surface area contributed by atoms with E-state index in [9.17, 15) is 14.0 Å². The van der Waals surface area contributed by atoms with E-state index in [-0.39, 0.29) is 30.0 Å². The van der Waals surface area contributed by atoms with Crippen molar-refractivity contribution in [3.63, 3.8) is 0 Å². The molecule has 0 spiro atoms. The van der Waals surface area contributed by atoms with E-state index in [0.717, 1.165) is 24.9 Å². The molecule has 0 saturated carbocycles. The summed E-state index contributed by atoms with van der Waals surface area (Å²) in [5.74, 6) is 0.368. The Kier molecular flexibility index (Phi) is 7.28. The number of amides is 3. The normalized spacial score (nSPS) is 20.0. The number of anilines is 2. The molecule has 0 aliphatic carbocycles. The fourth-order valence-corrected chi connectivity index (χ4v) is 5.41. The van der Waals surface area contributed by atoms with Gasteiger partial charge >= 0.3 is 12.1 Å². The second-order valence-corrected chi connectivity index (χ2v) is 11.4. The lowest BCUT2D eigenvalue weighted by molar-refractivity contribution is 0.00589. The number of hydrogen-bond donors (Lipinski definition) is 1. The molecule has 5 rings (SSSR count). The number of fused-ring (bicyclic) bond motifs is 1. The van der Waals surface area contributed by atoms with Crippen molar-refractivity contribution in [3.8, 4) is 0 Å². The predicted octanol–water partition coefficient (Wildman–Crippen LogP) is 5.34. The second kappa shape index (κ2) is 10.5. The maximum absolute atomic E-state index is 14.0. The standard InChI is InChI=1S/C27H33ClFN7O3/c1-17-16-33(12-13-34(17)26(38)39-27(2,3)4)25(37)31-21-15-30-36-11-9-23(32-24(21)36)35-10-5-6-22(35)19-14-18(29)7-8-20(19)28/h7-9,11,14-15,17,22H,5-6,10,12-13,16H2,1-4H3,(H,31,37). The van der Waals surface area contributed by atoms with Crippen LogP contribution < -0.4 is 10.2 Å². The summed E-state index contributed by atoms with van der Waals surface area (Å²) in [6, 6.07) is 5.68. The number of aromatic nitrogens is 3. The third-order valence-corrected chi connectivity index (χ3v) is 7.35. The smallest absolute Gasteiger partial charge is 0.410 e. The third-order valence-electron chi connectivity index (χ3n) is 7.00. The molecule has 0 bridgehead atoms. The van der Waals surface area contributed by atoms with Crippen molar-refractivity contribution < 1.29 is 18.7 Å². The van der Waals surface area contributed by atoms with Gasteiger partial charge in [-0.25, -0.2) is 23.5 Å². The van der Waals surface area contributed by atoms with Crippen molar-refractivity contribution in [1.82, 2.24) is 24.4 Å². The largest absolute Gasteiger partial charge is 0.444 e. The van der Waals surface area contributed by atoms with Crippen LogP contribution in [0.25, 0.3) is 5.65 Å². The molecule has 208 valence electrons. The molecular formula is C27H33ClFN7O3. The Hall–Kier alpha value is -3.60. The van der Waals surface area contributed by atoms with Gasteiger partial charge in [-0.2, -0.15) is 5.10 Å². The van der Waals surface area contributed by atoms with Crippen LogP contribution in [0.2, 0.25) is 5.02 Å². The number of halogens is 2. The number of nitrogens with zero attached hydrogens (tertiary/aromatic N) is 6. The fraction of sp³-hybridized carbons (Fsp3) is 0.481. The molecule has 2 aliphatic heterocycles. The first-order chi connectivity index (χ1) is 18.5. The molecule has 12 heteroatoms. The zero-order valence-electron chi connectivity index (χ0n) is 22.5. The first-order valence-electron chi connectivity index (χ1n) is 13.1. The molecule has 2 unspecified atom stereocenters. The van der Waals surface area contributed by atoms with Crippen molar-refractivity contribution in [2.45, 2.75) is 58.2 Å². The number of rotatable bonds is 3. The first kappa shape index (κ1) is 27.0. The summed E-state index contributed by atoms with van der Waals surface area (Å²) in [6.45, 7) is 9.24. The zero-order valence-corrected chi connectivity index (χ0v) is 23.3. The molecule has 10 nitrogen and oxygen atoms in total. The number of hydrogen-bond acceptors (Lipinski definition) is 6. The van der Waals surface area contributed by atoms with Crippen LogP contribution >= 0.6 is 11.6 Å². The Morgan fingerprint density at radius 1 is 1.18 bits per heavy atom. The van der Waals surface area contributed by atoms with E-state index in [1.165, 1.54) is 12.1 Å². The summed E-state index contributed by atoms with van der Waals surface area (Å²) in [6.07, 6.45) is 4.72. The lowest BCUT2D eigenvalue weighted by Crippen LogP contribution is -2.57. The van der Waals surface area contributed by atoms with Gasteiger partial charge in [0.25, 0.3) is 0 Å². The molecular weight excluding hydrogens is 525 g/mol. The summed E-state index contributed by atoms with van der Waals surface area (Å²) in [5.41, 5.74) is 1.12. The van der Waals surface area contributed by atoms with Crippen molar-refractivity contribution >= 4 is 40.9 Å². The minimum absolute atomic E-state index is 0.105. The van der Waals surface area contributed by atoms with Gasteiger partial charge in [-0.3, -0.25) is 0 Å². The van der Waals surface area contributed by atoms with Crippen molar-refractivity contribution in [1.29, 1.82) is 0 Å². The topological polar surface area (TPSA) is 95.3 Å². The molecule has 2 aliphatic rings. The molecule has 3 amide bonds. The van der Waals surface area contributed by atoms with E-state index in [2.05, 4.69) is 15.3 Å². The minimum Gasteiger partial charge on any atom is -0.444 e. The highest BCUT2D eigenvalue weighted by Gasteiger charge is 2.33. The molecule has 39 heavy (non-hydrogen) atoms. The highest BCUT2D eigenvalue weighted by Crippen LogP contribution is 2.39. The van der Waals surface area contributed by atoms with Crippen LogP contribution in [0.5, 0.6) is 0 Å². The molecule has 2 saturated heterocycles. The minimum atomic E-state index is -0.584. The van der Waals surface area contributed by atoms with Gasteiger partial charge in [0.1, 0.15) is 22.9 Å². The van der Waals surface area contributed by atoms with E-state index < -0.39 is 5.60 Å².